The molecule has 2 rings (SSSR count). The van der Waals surface area contributed by atoms with Crippen molar-refractivity contribution in [3.63, 3.8) is 0 Å². The molecule has 0 bridgehead atoms. The minimum absolute atomic E-state index is 0.0684. The van der Waals surface area contributed by atoms with Crippen LogP contribution in [0.5, 0.6) is 0 Å². The second kappa shape index (κ2) is 8.17. The molecule has 0 saturated carbocycles. The van der Waals surface area contributed by atoms with Crippen molar-refractivity contribution in [1.82, 2.24) is 10.2 Å². The summed E-state index contributed by atoms with van der Waals surface area (Å²) < 4.78 is 70.9. The summed E-state index contributed by atoms with van der Waals surface area (Å²) in [5.74, 6) is -0.551. The molecule has 27 heavy (non-hydrogen) atoms. The fourth-order valence-electron chi connectivity index (χ4n) is 2.60. The highest BCUT2D eigenvalue weighted by Gasteiger charge is 2.43. The van der Waals surface area contributed by atoms with Gasteiger partial charge in [0, 0.05) is 12.7 Å². The third kappa shape index (κ3) is 5.60. The number of ether oxygens (including phenoxy) is 1. The van der Waals surface area contributed by atoms with E-state index in [1.807, 2.05) is 0 Å². The highest BCUT2D eigenvalue weighted by molar-refractivity contribution is 7.85. The van der Waals surface area contributed by atoms with E-state index in [9.17, 15) is 26.4 Å². The van der Waals surface area contributed by atoms with Crippen LogP contribution in [0, 0.1) is 0 Å². The minimum atomic E-state index is -4.58. The maximum Gasteiger partial charge on any atom is 0.432 e. The second-order valence-corrected chi connectivity index (χ2v) is 7.43. The lowest BCUT2D eigenvalue weighted by molar-refractivity contribution is -0.112. The molecule has 1 aliphatic rings. The summed E-state index contributed by atoms with van der Waals surface area (Å²) in [7, 11) is -2.43. The van der Waals surface area contributed by atoms with E-state index >= 15 is 0 Å². The van der Waals surface area contributed by atoms with E-state index in [0.717, 1.165) is 17.4 Å². The van der Waals surface area contributed by atoms with Crippen molar-refractivity contribution in [1.29, 1.82) is 0 Å². The largest absolute Gasteiger partial charge is 0.465 e. The van der Waals surface area contributed by atoms with Gasteiger partial charge in [0.25, 0.3) is 10.1 Å². The van der Waals surface area contributed by atoms with E-state index in [-0.39, 0.29) is 25.1 Å². The van der Waals surface area contributed by atoms with Crippen molar-refractivity contribution in [3.8, 4) is 0 Å². The maximum atomic E-state index is 13.3. The summed E-state index contributed by atoms with van der Waals surface area (Å²) in [6, 6.07) is 5.97. The predicted octanol–water partition coefficient (Wildman–Crippen LogP) is 2.15. The first-order valence-corrected chi connectivity index (χ1v) is 9.67. The van der Waals surface area contributed by atoms with Crippen molar-refractivity contribution < 1.29 is 35.3 Å². The van der Waals surface area contributed by atoms with Gasteiger partial charge in [-0.1, -0.05) is 12.1 Å². The average molecular weight is 408 g/mol. The van der Waals surface area contributed by atoms with Crippen molar-refractivity contribution >= 4 is 16.1 Å². The van der Waals surface area contributed by atoms with Gasteiger partial charge in [-0.2, -0.15) is 21.6 Å². The van der Waals surface area contributed by atoms with Crippen LogP contribution in [0.1, 0.15) is 28.5 Å². The molecule has 1 N–H and O–H groups in total. The lowest BCUT2D eigenvalue weighted by atomic mass is 10.1. The Morgan fingerprint density at radius 2 is 1.89 bits per heavy atom. The van der Waals surface area contributed by atoms with Crippen LogP contribution >= 0.6 is 0 Å². The number of nitrogens with zero attached hydrogens (tertiary/aromatic N) is 1. The number of esters is 1. The highest BCUT2D eigenvalue weighted by Crippen LogP contribution is 2.37. The Bertz CT molecular complexity index is 806. The molecule has 1 heterocycles. The molecule has 0 aromatic heterocycles. The first-order chi connectivity index (χ1) is 12.5. The number of nitrogens with one attached hydrogen (secondary N) is 1. The first-order valence-electron chi connectivity index (χ1n) is 7.85. The first kappa shape index (κ1) is 21.0. The number of carbonyl (C=O) groups is 1. The van der Waals surface area contributed by atoms with E-state index in [2.05, 4.69) is 14.2 Å². The lowest BCUT2D eigenvalue weighted by Crippen LogP contribution is -2.35. The number of hydrogen-bond acceptors (Lipinski definition) is 7. The number of methoxy groups -OCH3 is 1. The quantitative estimate of drug-likeness (QED) is 0.420. The summed E-state index contributed by atoms with van der Waals surface area (Å²) in [6.45, 7) is -0.314. The highest BCUT2D eigenvalue weighted by atomic mass is 32.2. The minimum Gasteiger partial charge on any atom is -0.465 e. The van der Waals surface area contributed by atoms with E-state index in [0.29, 0.717) is 5.56 Å². The zero-order valence-electron chi connectivity index (χ0n) is 14.6. The lowest BCUT2D eigenvalue weighted by Gasteiger charge is -2.30. The van der Waals surface area contributed by atoms with Crippen LogP contribution in [0.3, 0.4) is 0 Å². The van der Waals surface area contributed by atoms with Crippen LogP contribution in [0.15, 0.2) is 36.2 Å². The Kier molecular flexibility index (Phi) is 6.37. The summed E-state index contributed by atoms with van der Waals surface area (Å²) >= 11 is 0. The van der Waals surface area contributed by atoms with Gasteiger partial charge in [0.05, 0.1) is 25.5 Å². The summed E-state index contributed by atoms with van der Waals surface area (Å²) in [5, 5.41) is 2.67. The molecule has 1 aromatic rings. The molecule has 1 aromatic carbocycles. The molecule has 1 unspecified atom stereocenters. The summed E-state index contributed by atoms with van der Waals surface area (Å²) in [6.07, 6.45) is -3.58. The monoisotopic (exact) mass is 408 g/mol. The molecule has 0 saturated heterocycles. The van der Waals surface area contributed by atoms with Crippen molar-refractivity contribution in [2.45, 2.75) is 18.8 Å². The van der Waals surface area contributed by atoms with E-state index in [1.54, 1.807) is 0 Å². The number of carbonyl (C=O) groups excluding carboxylic acids is 1. The molecule has 1 atom stereocenters. The van der Waals surface area contributed by atoms with Gasteiger partial charge in [-0.15, -0.1) is 0 Å². The van der Waals surface area contributed by atoms with Crippen LogP contribution in [-0.2, 0) is 19.0 Å². The molecule has 150 valence electrons. The summed E-state index contributed by atoms with van der Waals surface area (Å²) in [5.41, 5.74) is -0.0950. The second-order valence-electron chi connectivity index (χ2n) is 5.78. The number of alkyl halides is 3. The van der Waals surface area contributed by atoms with Gasteiger partial charge in [-0.3, -0.25) is 4.18 Å². The van der Waals surface area contributed by atoms with Crippen LogP contribution in [0.25, 0.3) is 0 Å². The standard InChI is InChI=1S/C16H19F3N2O5S/c1-25-15(22)12-6-4-11(5-7-12)14-20-10-13(16(17,18)19)21(14)8-3-9-26-27(2,23)24/h4-7,10,14,20H,3,8-9H2,1-2H3. The Balaban J connectivity index is 2.15. The number of hydrogen-bond donors (Lipinski definition) is 1. The van der Waals surface area contributed by atoms with Crippen molar-refractivity contribution in [2.24, 2.45) is 0 Å². The van der Waals surface area contributed by atoms with Gasteiger partial charge in [0.2, 0.25) is 0 Å². The molecule has 0 amide bonds. The van der Waals surface area contributed by atoms with Gasteiger partial charge in [0.1, 0.15) is 11.9 Å². The normalized spacial score (nSPS) is 17.4. The molecule has 0 aliphatic carbocycles. The van der Waals surface area contributed by atoms with Crippen LogP contribution in [0.4, 0.5) is 13.2 Å². The number of allylic oxidation sites excluding steroid dienone is 1. The smallest absolute Gasteiger partial charge is 0.432 e. The predicted molar refractivity (Wildman–Crippen MR) is 89.9 cm³/mol. The topological polar surface area (TPSA) is 84.9 Å². The molecule has 1 aliphatic heterocycles. The fraction of sp³-hybridized carbons (Fsp3) is 0.438. The molecular formula is C16H19F3N2O5S. The molecular weight excluding hydrogens is 389 g/mol. The Morgan fingerprint density at radius 3 is 2.41 bits per heavy atom. The number of halogens is 3. The molecule has 7 nitrogen and oxygen atoms in total. The van der Waals surface area contributed by atoms with Gasteiger partial charge in [-0.05, 0) is 24.1 Å². The average Bonchev–Trinajstić information content (AvgIpc) is 3.01. The Morgan fingerprint density at radius 1 is 1.26 bits per heavy atom. The van der Waals surface area contributed by atoms with E-state index in [4.69, 9.17) is 0 Å². The molecule has 11 heteroatoms. The van der Waals surface area contributed by atoms with Crippen LogP contribution in [-0.4, -0.2) is 52.0 Å². The Hall–Kier alpha value is -2.27. The molecule has 0 radical (unpaired) electrons. The van der Waals surface area contributed by atoms with Gasteiger partial charge >= 0.3 is 12.1 Å². The third-order valence-electron chi connectivity index (χ3n) is 3.78. The Labute approximate surface area is 154 Å². The van der Waals surface area contributed by atoms with Crippen molar-refractivity contribution in [2.75, 3.05) is 26.5 Å². The van der Waals surface area contributed by atoms with Crippen molar-refractivity contribution in [3.05, 3.63) is 47.3 Å². The van der Waals surface area contributed by atoms with E-state index < -0.39 is 34.1 Å². The van der Waals surface area contributed by atoms with Crippen LogP contribution in [0.2, 0.25) is 0 Å². The maximum absolute atomic E-state index is 13.3. The fourth-order valence-corrected chi connectivity index (χ4v) is 3.03. The number of benzene rings is 1. The van der Waals surface area contributed by atoms with E-state index in [1.165, 1.54) is 31.4 Å². The third-order valence-corrected chi connectivity index (χ3v) is 4.37. The number of rotatable bonds is 7. The molecule has 0 fully saturated rings. The van der Waals surface area contributed by atoms with Gasteiger partial charge in [-0.25, -0.2) is 4.79 Å². The zero-order valence-corrected chi connectivity index (χ0v) is 15.4. The van der Waals surface area contributed by atoms with Crippen LogP contribution < -0.4 is 5.32 Å². The SMILES string of the molecule is COC(=O)c1ccc(C2NC=C(C(F)(F)F)N2CCCOS(C)(=O)=O)cc1. The van der Waals surface area contributed by atoms with Gasteiger partial charge < -0.3 is 15.0 Å². The zero-order chi connectivity index (χ0) is 20.2. The van der Waals surface area contributed by atoms with Gasteiger partial charge in [0.15, 0.2) is 0 Å². The molecule has 0 spiro atoms. The summed E-state index contributed by atoms with van der Waals surface area (Å²) in [4.78, 5) is 12.6.